The van der Waals surface area contributed by atoms with Gasteiger partial charge in [0.15, 0.2) is 0 Å². The summed E-state index contributed by atoms with van der Waals surface area (Å²) in [6.07, 6.45) is 37.5. The number of unbranched alkanes of at least 4 members (excludes halogenated alkanes) is 19. The Bertz CT molecular complexity index is 596. The highest BCUT2D eigenvalue weighted by molar-refractivity contribution is 6.11. The Morgan fingerprint density at radius 1 is 0.568 bits per heavy atom. The van der Waals surface area contributed by atoms with Crippen LogP contribution in [0.3, 0.4) is 0 Å². The molecule has 0 spiro atoms. The summed E-state index contributed by atoms with van der Waals surface area (Å²) in [5.41, 5.74) is 0. The Hall–Kier alpha value is -0.0551. The predicted octanol–water partition coefficient (Wildman–Crippen LogP) is 12.0. The van der Waals surface area contributed by atoms with Gasteiger partial charge in [-0.25, -0.2) is 0 Å². The van der Waals surface area contributed by atoms with E-state index < -0.39 is 0 Å². The van der Waals surface area contributed by atoms with Crippen molar-refractivity contribution in [3.63, 3.8) is 0 Å². The first kappa shape index (κ1) is 40.1. The quantitative estimate of drug-likeness (QED) is 0.0646. The predicted molar refractivity (Wildman–Crippen MR) is 192 cm³/mol. The van der Waals surface area contributed by atoms with E-state index in [0.717, 1.165) is 38.1 Å². The third kappa shape index (κ3) is 18.9. The molecule has 258 valence electrons. The summed E-state index contributed by atoms with van der Waals surface area (Å²) in [6.45, 7) is 11.3. The number of hydrogen-bond acceptors (Lipinski definition) is 3. The fourth-order valence-corrected chi connectivity index (χ4v) is 7.50. The molecule has 0 aromatic rings. The van der Waals surface area contributed by atoms with E-state index in [9.17, 15) is 0 Å². The zero-order chi connectivity index (χ0) is 31.7. The minimum absolute atomic E-state index is 0.0381. The second-order valence-electron chi connectivity index (χ2n) is 15.0. The maximum atomic E-state index is 6.25. The molecule has 0 aromatic carbocycles. The van der Waals surface area contributed by atoms with Gasteiger partial charge in [0.1, 0.15) is 7.85 Å². The third-order valence-electron chi connectivity index (χ3n) is 10.5. The van der Waals surface area contributed by atoms with Gasteiger partial charge in [-0.1, -0.05) is 155 Å². The molecule has 1 saturated heterocycles. The summed E-state index contributed by atoms with van der Waals surface area (Å²) >= 11 is 0. The number of rotatable bonds is 28. The molecule has 3 fully saturated rings. The van der Waals surface area contributed by atoms with E-state index in [1.807, 2.05) is 0 Å². The minimum Gasteiger partial charge on any atom is -0.382 e. The summed E-state index contributed by atoms with van der Waals surface area (Å²) in [6, 6.07) is -0.0381. The van der Waals surface area contributed by atoms with Crippen molar-refractivity contribution in [1.82, 2.24) is 0 Å². The van der Waals surface area contributed by atoms with Crippen LogP contribution in [0.1, 0.15) is 195 Å². The van der Waals surface area contributed by atoms with Crippen molar-refractivity contribution in [2.45, 2.75) is 213 Å². The van der Waals surface area contributed by atoms with Gasteiger partial charge in [0.25, 0.3) is 0 Å². The second kappa shape index (κ2) is 27.0. The van der Waals surface area contributed by atoms with Crippen LogP contribution in [0.4, 0.5) is 0 Å². The van der Waals surface area contributed by atoms with Gasteiger partial charge in [-0.05, 0) is 63.2 Å². The van der Waals surface area contributed by atoms with Gasteiger partial charge in [-0.15, -0.1) is 0 Å². The van der Waals surface area contributed by atoms with E-state index >= 15 is 0 Å². The highest BCUT2D eigenvalue weighted by atomic mass is 16.5. The standard InChI is InChI=1S/C25H52O.C15H25BO2/c1-3-5-6-7-8-9-10-11-12-13-14-15-16-17-18-19-20-21-22-23-25-26-24-4-2;1-9(2)17-8-12-13(10-4-3-5-10)14(11-6-7-11)15(16)18-12/h3-25H2,1-2H3;9-15H,3-8H2,1-2H3. The molecule has 1 heterocycles. The first-order valence-corrected chi connectivity index (χ1v) is 20.2. The van der Waals surface area contributed by atoms with Gasteiger partial charge < -0.3 is 14.2 Å². The topological polar surface area (TPSA) is 27.7 Å². The molecule has 0 N–H and O–H groups in total. The van der Waals surface area contributed by atoms with E-state index in [1.54, 1.807) is 0 Å². The summed E-state index contributed by atoms with van der Waals surface area (Å²) in [4.78, 5) is 0. The minimum atomic E-state index is -0.0381. The molecule has 4 heteroatoms. The highest BCUT2D eigenvalue weighted by Gasteiger charge is 2.52. The third-order valence-corrected chi connectivity index (χ3v) is 10.5. The van der Waals surface area contributed by atoms with E-state index in [4.69, 9.17) is 22.1 Å². The molecular formula is C40H77BO3. The Morgan fingerprint density at radius 3 is 1.41 bits per heavy atom. The van der Waals surface area contributed by atoms with Crippen molar-refractivity contribution >= 4 is 7.85 Å². The van der Waals surface area contributed by atoms with Crippen molar-refractivity contribution in [3.05, 3.63) is 0 Å². The lowest BCUT2D eigenvalue weighted by Crippen LogP contribution is -2.36. The Kier molecular flexibility index (Phi) is 24.6. The van der Waals surface area contributed by atoms with Crippen molar-refractivity contribution in [2.75, 3.05) is 19.8 Å². The van der Waals surface area contributed by atoms with E-state index in [0.29, 0.717) is 11.8 Å². The fraction of sp³-hybridized carbons (Fsp3) is 1.00. The van der Waals surface area contributed by atoms with Crippen LogP contribution in [0.5, 0.6) is 0 Å². The molecule has 44 heavy (non-hydrogen) atoms. The van der Waals surface area contributed by atoms with E-state index in [-0.39, 0.29) is 18.2 Å². The van der Waals surface area contributed by atoms with E-state index in [2.05, 4.69) is 27.7 Å². The average Bonchev–Trinajstić information content (AvgIpc) is 3.77. The maximum absolute atomic E-state index is 6.25. The van der Waals surface area contributed by atoms with Crippen LogP contribution < -0.4 is 0 Å². The summed E-state index contributed by atoms with van der Waals surface area (Å²) < 4.78 is 17.4. The Balaban J connectivity index is 0.000000324. The van der Waals surface area contributed by atoms with E-state index in [1.165, 1.54) is 161 Å². The number of ether oxygens (including phenoxy) is 3. The van der Waals surface area contributed by atoms with Gasteiger partial charge in [-0.2, -0.15) is 0 Å². The summed E-state index contributed by atoms with van der Waals surface area (Å²) in [5.74, 6) is 2.97. The SMILES string of the molecule is CCCCCCCCCCCCCCCCCCCCCCOCCC.[B]C1OC(COC(C)C)C(C2CCC2)C1C1CC1. The van der Waals surface area contributed by atoms with Crippen molar-refractivity contribution in [1.29, 1.82) is 0 Å². The molecule has 0 bridgehead atoms. The van der Waals surface area contributed by atoms with Crippen LogP contribution in [0.2, 0.25) is 0 Å². The second-order valence-corrected chi connectivity index (χ2v) is 15.0. The van der Waals surface area contributed by atoms with Crippen LogP contribution in [-0.2, 0) is 14.2 Å². The Labute approximate surface area is 277 Å². The monoisotopic (exact) mass is 617 g/mol. The number of hydrogen-bond donors (Lipinski definition) is 0. The van der Waals surface area contributed by atoms with Crippen molar-refractivity contribution in [2.24, 2.45) is 23.7 Å². The van der Waals surface area contributed by atoms with Crippen LogP contribution in [-0.4, -0.2) is 45.9 Å². The van der Waals surface area contributed by atoms with Gasteiger partial charge >= 0.3 is 0 Å². The molecule has 3 aliphatic rings. The lowest BCUT2D eigenvalue weighted by molar-refractivity contribution is -0.0406. The molecule has 2 saturated carbocycles. The Morgan fingerprint density at radius 2 is 1.02 bits per heavy atom. The molecule has 0 aromatic heterocycles. The van der Waals surface area contributed by atoms with Crippen LogP contribution in [0, 0.1) is 23.7 Å². The summed E-state index contributed by atoms with van der Waals surface area (Å²) in [5, 5.41) is 0. The first-order valence-electron chi connectivity index (χ1n) is 20.2. The van der Waals surface area contributed by atoms with Crippen LogP contribution in [0.25, 0.3) is 0 Å². The molecule has 2 aliphatic carbocycles. The molecule has 4 atom stereocenters. The zero-order valence-electron chi connectivity index (χ0n) is 30.3. The molecular weight excluding hydrogens is 539 g/mol. The fourth-order valence-electron chi connectivity index (χ4n) is 7.50. The largest absolute Gasteiger partial charge is 0.382 e. The molecule has 0 amide bonds. The van der Waals surface area contributed by atoms with Crippen LogP contribution in [0.15, 0.2) is 0 Å². The van der Waals surface area contributed by atoms with Gasteiger partial charge in [0, 0.05) is 19.2 Å². The lowest BCUT2D eigenvalue weighted by atomic mass is 9.65. The van der Waals surface area contributed by atoms with Crippen molar-refractivity contribution in [3.8, 4) is 0 Å². The maximum Gasteiger partial charge on any atom is 0.109 e. The first-order chi connectivity index (χ1) is 21.6. The summed E-state index contributed by atoms with van der Waals surface area (Å²) in [7, 11) is 6.25. The molecule has 1 aliphatic heterocycles. The van der Waals surface area contributed by atoms with Gasteiger partial charge in [0.2, 0.25) is 0 Å². The highest BCUT2D eigenvalue weighted by Crippen LogP contribution is 2.53. The van der Waals surface area contributed by atoms with Crippen molar-refractivity contribution < 1.29 is 14.2 Å². The normalized spacial score (nSPS) is 23.6. The smallest absolute Gasteiger partial charge is 0.109 e. The zero-order valence-corrected chi connectivity index (χ0v) is 30.3. The average molecular weight is 617 g/mol. The molecule has 2 radical (unpaired) electrons. The van der Waals surface area contributed by atoms with Crippen LogP contribution >= 0.6 is 0 Å². The van der Waals surface area contributed by atoms with Gasteiger partial charge in [-0.3, -0.25) is 0 Å². The van der Waals surface area contributed by atoms with Gasteiger partial charge in [0.05, 0.1) is 18.8 Å². The lowest BCUT2D eigenvalue weighted by Gasteiger charge is -2.37. The molecule has 3 rings (SSSR count). The molecule has 4 unspecified atom stereocenters. The molecule has 3 nitrogen and oxygen atoms in total.